The van der Waals surface area contributed by atoms with Crippen LogP contribution in [0.25, 0.3) is 17.0 Å². The minimum atomic E-state index is -4.86. The molecule has 0 aromatic carbocycles. The number of hydrogen-bond acceptors (Lipinski definition) is 13. The molecule has 0 unspecified atom stereocenters. The number of anilines is 3. The molecule has 2 fully saturated rings. The van der Waals surface area contributed by atoms with Gasteiger partial charge in [-0.15, -0.1) is 0 Å². The second kappa shape index (κ2) is 20.3. The minimum absolute atomic E-state index is 0.0470. The third-order valence-electron chi connectivity index (χ3n) is 10.8. The molecule has 3 N–H and O–H groups in total. The van der Waals surface area contributed by atoms with Gasteiger partial charge in [-0.25, -0.2) is 8.96 Å². The third-order valence-corrected chi connectivity index (χ3v) is 12.6. The highest BCUT2D eigenvalue weighted by Crippen LogP contribution is 2.63. The number of nitrogens with zero attached hydrogens (tertiary/aromatic N) is 8. The fourth-order valence-corrected chi connectivity index (χ4v) is 9.81. The maximum absolute atomic E-state index is 15.8. The maximum Gasteiger partial charge on any atom is 0.417 e. The Bertz CT molecular complexity index is 2360. The molecule has 7 rings (SSSR count). The van der Waals surface area contributed by atoms with E-state index in [-0.39, 0.29) is 75.2 Å². The smallest absolute Gasteiger partial charge is 0.378 e. The normalized spacial score (nSPS) is 17.7. The number of pyridine rings is 1. The van der Waals surface area contributed by atoms with E-state index >= 15 is 7.77 Å². The van der Waals surface area contributed by atoms with Crippen LogP contribution in [-0.4, -0.2) is 143 Å². The van der Waals surface area contributed by atoms with Crippen molar-refractivity contribution < 1.29 is 58.3 Å². The Labute approximate surface area is 373 Å². The standard InChI is InChI=1S/C41H50F5N11O7S/c1-25-19-27(3)56-36(25)29(37-26(2)20-28(4)57(37)65(56,45)46)5-6-33(58)47-7-8-48-34(59)23-63-17-18-64-24-35(60)50-32-21-31(41(42,43)44)30(22-49-32)38-51-39(54-9-13-61-14-10-54)53-40(52-38)55-11-15-62-16-12-55/h19-22H,5-18,23-24H2,1-4H3,(H2-,47,48,49,50,51,52,53,58,59,60)/p+1. The second-order valence-corrected chi connectivity index (χ2v) is 17.1. The number of allylic oxidation sites excluding steroid dienone is 3. The minimum Gasteiger partial charge on any atom is -0.378 e. The molecule has 0 aliphatic carbocycles. The summed E-state index contributed by atoms with van der Waals surface area (Å²) in [6.45, 7) is 9.44. The van der Waals surface area contributed by atoms with Crippen LogP contribution in [-0.2, 0) is 39.5 Å². The molecule has 3 amide bonds. The van der Waals surface area contributed by atoms with E-state index in [1.165, 1.54) is 0 Å². The van der Waals surface area contributed by atoms with Crippen LogP contribution in [0.2, 0.25) is 0 Å². The van der Waals surface area contributed by atoms with E-state index in [4.69, 9.17) is 18.9 Å². The molecule has 0 spiro atoms. The molecular formula is C41H51F5N11O7S+. The second-order valence-electron chi connectivity index (χ2n) is 15.5. The van der Waals surface area contributed by atoms with Crippen molar-refractivity contribution >= 4 is 57.9 Å². The number of morpholine rings is 2. The van der Waals surface area contributed by atoms with E-state index in [0.717, 1.165) is 14.2 Å². The van der Waals surface area contributed by atoms with Gasteiger partial charge >= 0.3 is 17.3 Å². The summed E-state index contributed by atoms with van der Waals surface area (Å²) in [5.74, 6) is -1.74. The highest BCUT2D eigenvalue weighted by molar-refractivity contribution is 8.18. The van der Waals surface area contributed by atoms with Crippen molar-refractivity contribution in [2.75, 3.05) is 107 Å². The molecule has 65 heavy (non-hydrogen) atoms. The highest BCUT2D eigenvalue weighted by atomic mass is 32.3. The molecule has 0 saturated carbocycles. The van der Waals surface area contributed by atoms with Gasteiger partial charge in [0, 0.05) is 76.2 Å². The molecule has 0 atom stereocenters. The first-order valence-electron chi connectivity index (χ1n) is 21.0. The predicted octanol–water partition coefficient (Wildman–Crippen LogP) is 4.14. The van der Waals surface area contributed by atoms with E-state index in [9.17, 15) is 27.6 Å². The molecule has 0 bridgehead atoms. The maximum atomic E-state index is 15.8. The van der Waals surface area contributed by atoms with Gasteiger partial charge in [0.05, 0.1) is 62.0 Å². The van der Waals surface area contributed by atoms with Gasteiger partial charge in [0.1, 0.15) is 19.0 Å². The van der Waals surface area contributed by atoms with Crippen molar-refractivity contribution in [3.8, 4) is 11.4 Å². The number of rotatable bonds is 17. The number of hydrogen-bond donors (Lipinski definition) is 3. The molecule has 18 nitrogen and oxygen atoms in total. The molecule has 3 aromatic rings. The van der Waals surface area contributed by atoms with Crippen LogP contribution in [0.5, 0.6) is 0 Å². The van der Waals surface area contributed by atoms with Crippen molar-refractivity contribution in [1.29, 1.82) is 0 Å². The Morgan fingerprint density at radius 1 is 0.831 bits per heavy atom. The van der Waals surface area contributed by atoms with Gasteiger partial charge in [-0.2, -0.15) is 28.1 Å². The fourth-order valence-electron chi connectivity index (χ4n) is 7.90. The predicted molar refractivity (Wildman–Crippen MR) is 230 cm³/mol. The molecule has 4 aliphatic heterocycles. The molecule has 3 aromatic heterocycles. The largest absolute Gasteiger partial charge is 0.417 e. The fraction of sp³-hybridized carbons (Fsp3) is 0.512. The van der Waals surface area contributed by atoms with Gasteiger partial charge in [-0.3, -0.25) is 14.4 Å². The Kier molecular flexibility index (Phi) is 14.8. The monoisotopic (exact) mass is 936 g/mol. The van der Waals surface area contributed by atoms with Gasteiger partial charge in [0.15, 0.2) is 11.5 Å². The first kappa shape index (κ1) is 47.4. The van der Waals surface area contributed by atoms with Crippen LogP contribution < -0.4 is 25.8 Å². The SMILES string of the molecule is CC1=CC(C)=[N+]2C1=C(CCC(=O)NCCNC(=O)COCCOCC(=O)Nc1cc(C(F)(F)F)c(-c3nc(N4CCOCC4)nc(N4CCOCC4)n3)cn1)c1c(C)cc(C)n1S2(F)F. The highest BCUT2D eigenvalue weighted by Gasteiger charge is 2.53. The zero-order chi connectivity index (χ0) is 46.5. The summed E-state index contributed by atoms with van der Waals surface area (Å²) < 4.78 is 98.7. The van der Waals surface area contributed by atoms with Gasteiger partial charge in [-0.05, 0) is 44.9 Å². The van der Waals surface area contributed by atoms with Gasteiger partial charge < -0.3 is 44.7 Å². The number of carbonyl (C=O) groups excluding carboxylic acids is 3. The summed E-state index contributed by atoms with van der Waals surface area (Å²) in [6.07, 6.45) is -1.89. The topological polar surface area (TPSA) is 190 Å². The van der Waals surface area contributed by atoms with E-state index in [1.54, 1.807) is 39.8 Å². The van der Waals surface area contributed by atoms with Crippen LogP contribution in [0.1, 0.15) is 49.2 Å². The summed E-state index contributed by atoms with van der Waals surface area (Å²) >= 11 is -4.37. The lowest BCUT2D eigenvalue weighted by Gasteiger charge is -2.30. The lowest BCUT2D eigenvalue weighted by atomic mass is 9.98. The van der Waals surface area contributed by atoms with Crippen LogP contribution in [0.3, 0.4) is 0 Å². The van der Waals surface area contributed by atoms with Gasteiger partial charge in [0.25, 0.3) is 5.91 Å². The van der Waals surface area contributed by atoms with E-state index in [0.29, 0.717) is 98.2 Å². The number of ether oxygens (including phenoxy) is 4. The molecule has 24 heteroatoms. The molecule has 4 aliphatic rings. The molecular weight excluding hydrogens is 886 g/mol. The zero-order valence-corrected chi connectivity index (χ0v) is 37.2. The van der Waals surface area contributed by atoms with Crippen molar-refractivity contribution in [1.82, 2.24) is 34.5 Å². The van der Waals surface area contributed by atoms with Crippen molar-refractivity contribution in [3.63, 3.8) is 0 Å². The number of fused-ring (bicyclic) bond motifs is 2. The summed E-state index contributed by atoms with van der Waals surface area (Å²) in [4.78, 5) is 58.7. The average Bonchev–Trinajstić information content (AvgIpc) is 3.77. The molecule has 352 valence electrons. The Hall–Kier alpha value is -5.56. The first-order valence-corrected chi connectivity index (χ1v) is 22.3. The Morgan fingerprint density at radius 3 is 2.02 bits per heavy atom. The molecule has 2 saturated heterocycles. The van der Waals surface area contributed by atoms with Crippen molar-refractivity contribution in [3.05, 3.63) is 58.2 Å². The van der Waals surface area contributed by atoms with Crippen molar-refractivity contribution in [2.24, 2.45) is 0 Å². The number of aryl methyl sites for hydroxylation is 2. The van der Waals surface area contributed by atoms with Gasteiger partial charge in [-0.1, -0.05) is 11.8 Å². The van der Waals surface area contributed by atoms with E-state index in [1.807, 2.05) is 9.80 Å². The number of carbonyl (C=O) groups is 3. The number of halogens is 5. The molecule has 7 heterocycles. The van der Waals surface area contributed by atoms with Crippen LogP contribution >= 0.6 is 11.2 Å². The first-order chi connectivity index (χ1) is 31.0. The summed E-state index contributed by atoms with van der Waals surface area (Å²) in [5.41, 5.74) is 2.40. The number of aromatic nitrogens is 5. The lowest BCUT2D eigenvalue weighted by molar-refractivity contribution is -0.304. The van der Waals surface area contributed by atoms with E-state index in [2.05, 4.69) is 35.9 Å². The number of nitrogens with one attached hydrogen (secondary N) is 3. The van der Waals surface area contributed by atoms with Gasteiger partial charge in [0.2, 0.25) is 29.4 Å². The number of alkyl halides is 3. The lowest BCUT2D eigenvalue weighted by Crippen LogP contribution is -2.40. The number of amides is 3. The quantitative estimate of drug-likeness (QED) is 0.0997. The summed E-state index contributed by atoms with van der Waals surface area (Å²) in [5, 5.41) is 7.66. The van der Waals surface area contributed by atoms with Crippen LogP contribution in [0.4, 0.5) is 38.7 Å². The van der Waals surface area contributed by atoms with Crippen LogP contribution in [0, 0.1) is 13.8 Å². The van der Waals surface area contributed by atoms with E-state index < -0.39 is 46.9 Å². The average molecular weight is 937 g/mol. The third kappa shape index (κ3) is 10.9. The Morgan fingerprint density at radius 2 is 1.42 bits per heavy atom. The van der Waals surface area contributed by atoms with Crippen LogP contribution in [0.15, 0.2) is 35.7 Å². The Balaban J connectivity index is 0.829. The van der Waals surface area contributed by atoms with Crippen molar-refractivity contribution in [2.45, 2.75) is 46.7 Å². The summed E-state index contributed by atoms with van der Waals surface area (Å²) in [6, 6.07) is 2.44. The molecule has 0 radical (unpaired) electrons. The zero-order valence-electron chi connectivity index (χ0n) is 36.4. The summed E-state index contributed by atoms with van der Waals surface area (Å²) in [7, 11) is 0.